The van der Waals surface area contributed by atoms with Gasteiger partial charge in [0.1, 0.15) is 12.3 Å². The molecule has 0 spiro atoms. The van der Waals surface area contributed by atoms with E-state index in [4.69, 9.17) is 4.74 Å². The third-order valence-corrected chi connectivity index (χ3v) is 5.81. The number of carbonyl (C=O) groups is 3. The largest absolute Gasteiger partial charge is 0.437 e. The molecular weight excluding hydrogens is 494 g/mol. The number of anilines is 1. The van der Waals surface area contributed by atoms with Crippen LogP contribution in [0.3, 0.4) is 0 Å². The number of aliphatic imine (C=N–C) groups is 1. The molecule has 4 rings (SSSR count). The van der Waals surface area contributed by atoms with Crippen LogP contribution in [0.2, 0.25) is 0 Å². The fourth-order valence-corrected chi connectivity index (χ4v) is 4.30. The summed E-state index contributed by atoms with van der Waals surface area (Å²) in [6.07, 6.45) is 3.56. The summed E-state index contributed by atoms with van der Waals surface area (Å²) in [5.74, 6) is 0.561. The fourth-order valence-electron chi connectivity index (χ4n) is 2.98. The van der Waals surface area contributed by atoms with Gasteiger partial charge in [-0.15, -0.1) is 0 Å². The minimum absolute atomic E-state index is 0.0507. The van der Waals surface area contributed by atoms with E-state index in [1.54, 1.807) is 25.1 Å². The number of rotatable bonds is 3. The zero-order valence-corrected chi connectivity index (χ0v) is 18.0. The van der Waals surface area contributed by atoms with Crippen molar-refractivity contribution in [1.82, 2.24) is 0 Å². The second-order valence-electron chi connectivity index (χ2n) is 6.78. The highest BCUT2D eigenvalue weighted by Crippen LogP contribution is 2.40. The molecule has 2 heterocycles. The first-order valence-corrected chi connectivity index (χ1v) is 10.3. The number of ether oxygens (including phenoxy) is 1. The lowest BCUT2D eigenvalue weighted by Gasteiger charge is -2.23. The SMILES string of the molecule is CC1=NN(c2cc(Br)c(OC3=NCC(=O)C(C4CC4)=C3)c(Br)c2)C(=O)CC1=O. The number of Topliss-reactive ketones (excluding diaryl/α,β-unsaturated/α-hetero) is 2. The highest BCUT2D eigenvalue weighted by molar-refractivity contribution is 9.11. The predicted molar refractivity (Wildman–Crippen MR) is 111 cm³/mol. The Morgan fingerprint density at radius 2 is 1.79 bits per heavy atom. The molecule has 1 saturated carbocycles. The lowest BCUT2D eigenvalue weighted by atomic mass is 10.0. The average Bonchev–Trinajstić information content (AvgIpc) is 3.47. The van der Waals surface area contributed by atoms with Crippen LogP contribution in [0.4, 0.5) is 5.69 Å². The van der Waals surface area contributed by atoms with Gasteiger partial charge >= 0.3 is 0 Å². The molecule has 1 amide bonds. The van der Waals surface area contributed by atoms with Gasteiger partial charge in [-0.25, -0.2) is 4.99 Å². The lowest BCUT2D eigenvalue weighted by molar-refractivity contribution is -0.124. The molecule has 1 aromatic carbocycles. The maximum atomic E-state index is 12.2. The molecular formula is C19H15Br2N3O4. The van der Waals surface area contributed by atoms with Gasteiger partial charge in [-0.05, 0) is 69.7 Å². The molecule has 1 aliphatic carbocycles. The molecule has 0 saturated heterocycles. The van der Waals surface area contributed by atoms with E-state index in [-0.39, 0.29) is 30.2 Å². The van der Waals surface area contributed by atoms with E-state index in [9.17, 15) is 14.4 Å². The molecule has 1 fully saturated rings. The number of hydrazone groups is 1. The summed E-state index contributed by atoms with van der Waals surface area (Å²) >= 11 is 6.91. The molecule has 7 nitrogen and oxygen atoms in total. The first kappa shape index (κ1) is 19.2. The van der Waals surface area contributed by atoms with Gasteiger partial charge in [0.05, 0.1) is 21.1 Å². The number of amides is 1. The quantitative estimate of drug-likeness (QED) is 0.583. The molecule has 2 aliphatic heterocycles. The van der Waals surface area contributed by atoms with E-state index >= 15 is 0 Å². The summed E-state index contributed by atoms with van der Waals surface area (Å²) in [5, 5.41) is 5.29. The van der Waals surface area contributed by atoms with E-state index < -0.39 is 5.91 Å². The van der Waals surface area contributed by atoms with Gasteiger partial charge < -0.3 is 4.74 Å². The van der Waals surface area contributed by atoms with Crippen LogP contribution in [-0.4, -0.2) is 35.6 Å². The Hall–Kier alpha value is -2.13. The van der Waals surface area contributed by atoms with Crippen molar-refractivity contribution in [2.45, 2.75) is 26.2 Å². The molecule has 0 N–H and O–H groups in total. The number of dihydropyridines is 1. The molecule has 0 aromatic heterocycles. The molecule has 144 valence electrons. The second kappa shape index (κ2) is 7.36. The summed E-state index contributed by atoms with van der Waals surface area (Å²) in [5.41, 5.74) is 1.56. The van der Waals surface area contributed by atoms with E-state index in [2.05, 4.69) is 42.0 Å². The second-order valence-corrected chi connectivity index (χ2v) is 8.49. The van der Waals surface area contributed by atoms with Crippen molar-refractivity contribution in [2.24, 2.45) is 16.0 Å². The van der Waals surface area contributed by atoms with Gasteiger partial charge in [0.2, 0.25) is 5.90 Å². The van der Waals surface area contributed by atoms with Gasteiger partial charge in [0, 0.05) is 11.6 Å². The van der Waals surface area contributed by atoms with Crippen LogP contribution in [0.25, 0.3) is 0 Å². The van der Waals surface area contributed by atoms with E-state index in [1.807, 2.05) is 0 Å². The summed E-state index contributed by atoms with van der Waals surface area (Å²) in [7, 11) is 0. The maximum Gasteiger partial charge on any atom is 0.255 e. The Bertz CT molecular complexity index is 985. The number of nitrogens with zero attached hydrogens (tertiary/aromatic N) is 3. The Morgan fingerprint density at radius 1 is 1.11 bits per heavy atom. The Labute approximate surface area is 177 Å². The number of hydrogen-bond acceptors (Lipinski definition) is 6. The van der Waals surface area contributed by atoms with Crippen LogP contribution < -0.4 is 9.75 Å². The van der Waals surface area contributed by atoms with Crippen LogP contribution in [0.5, 0.6) is 5.75 Å². The van der Waals surface area contributed by atoms with Crippen LogP contribution in [0, 0.1) is 5.92 Å². The zero-order valence-electron chi connectivity index (χ0n) is 14.9. The van der Waals surface area contributed by atoms with E-state index in [0.29, 0.717) is 32.2 Å². The fraction of sp³-hybridized carbons (Fsp3) is 0.316. The van der Waals surface area contributed by atoms with E-state index in [1.165, 1.54) is 5.01 Å². The van der Waals surface area contributed by atoms with E-state index in [0.717, 1.165) is 18.4 Å². The number of hydrogen-bond donors (Lipinski definition) is 0. The summed E-state index contributed by atoms with van der Waals surface area (Å²) in [6.45, 7) is 1.67. The Morgan fingerprint density at radius 3 is 2.43 bits per heavy atom. The lowest BCUT2D eigenvalue weighted by Crippen LogP contribution is -2.36. The molecule has 0 unspecified atom stereocenters. The predicted octanol–water partition coefficient (Wildman–Crippen LogP) is 3.59. The van der Waals surface area contributed by atoms with Crippen molar-refractivity contribution in [3.63, 3.8) is 0 Å². The van der Waals surface area contributed by atoms with Gasteiger partial charge in [-0.1, -0.05) is 0 Å². The average molecular weight is 509 g/mol. The molecule has 9 heteroatoms. The van der Waals surface area contributed by atoms with Crippen molar-refractivity contribution < 1.29 is 19.1 Å². The maximum absolute atomic E-state index is 12.2. The van der Waals surface area contributed by atoms with Crippen LogP contribution >= 0.6 is 31.9 Å². The van der Waals surface area contributed by atoms with Gasteiger partial charge in [0.25, 0.3) is 5.91 Å². The van der Waals surface area contributed by atoms with Gasteiger partial charge in [0.15, 0.2) is 17.3 Å². The van der Waals surface area contributed by atoms with Crippen LogP contribution in [0.1, 0.15) is 26.2 Å². The van der Waals surface area contributed by atoms with Crippen LogP contribution in [0.15, 0.2) is 42.8 Å². The Balaban J connectivity index is 1.61. The summed E-state index contributed by atoms with van der Waals surface area (Å²) in [6, 6.07) is 3.37. The molecule has 0 atom stereocenters. The molecule has 3 aliphatic rings. The van der Waals surface area contributed by atoms with Gasteiger partial charge in [-0.3, -0.25) is 14.4 Å². The zero-order chi connectivity index (χ0) is 20.0. The van der Waals surface area contributed by atoms with Crippen molar-refractivity contribution in [2.75, 3.05) is 11.6 Å². The Kier molecular flexibility index (Phi) is 5.05. The smallest absolute Gasteiger partial charge is 0.255 e. The minimum Gasteiger partial charge on any atom is -0.437 e. The monoisotopic (exact) mass is 507 g/mol. The topological polar surface area (TPSA) is 88.4 Å². The van der Waals surface area contributed by atoms with Crippen molar-refractivity contribution >= 4 is 66.6 Å². The summed E-state index contributed by atoms with van der Waals surface area (Å²) in [4.78, 5) is 40.0. The first-order chi connectivity index (χ1) is 13.3. The highest BCUT2D eigenvalue weighted by Gasteiger charge is 2.32. The summed E-state index contributed by atoms with van der Waals surface area (Å²) < 4.78 is 7.07. The third-order valence-electron chi connectivity index (χ3n) is 4.63. The van der Waals surface area contributed by atoms with Crippen molar-refractivity contribution in [3.8, 4) is 5.75 Å². The van der Waals surface area contributed by atoms with Crippen molar-refractivity contribution in [3.05, 3.63) is 32.7 Å². The minimum atomic E-state index is -0.393. The standard InChI is InChI=1S/C19H15Br2N3O4/c1-9-15(25)7-18(27)24(23-9)11-4-13(20)19(14(21)5-11)28-17-6-12(10-2-3-10)16(26)8-22-17/h4-6,10H,2-3,7-8H2,1H3. The molecule has 28 heavy (non-hydrogen) atoms. The molecule has 0 radical (unpaired) electrons. The van der Waals surface area contributed by atoms with Crippen molar-refractivity contribution in [1.29, 1.82) is 0 Å². The third kappa shape index (κ3) is 3.73. The molecule has 0 bridgehead atoms. The normalized spacial score (nSPS) is 20.0. The number of benzene rings is 1. The van der Waals surface area contributed by atoms with Crippen LogP contribution in [-0.2, 0) is 14.4 Å². The highest BCUT2D eigenvalue weighted by atomic mass is 79.9. The number of halogens is 2. The number of ketones is 2. The first-order valence-electron chi connectivity index (χ1n) is 8.71. The molecule has 1 aromatic rings. The number of carbonyl (C=O) groups excluding carboxylic acids is 3. The van der Waals surface area contributed by atoms with Gasteiger partial charge in [-0.2, -0.15) is 10.1 Å².